The van der Waals surface area contributed by atoms with Crippen LogP contribution < -0.4 is 5.32 Å². The predicted octanol–water partition coefficient (Wildman–Crippen LogP) is 0.670. The van der Waals surface area contributed by atoms with Gasteiger partial charge >= 0.3 is 0 Å². The Balaban J connectivity index is 1.47. The highest BCUT2D eigenvalue weighted by molar-refractivity contribution is 5.80. The SMILES string of the molecule is COCCN1CC[C@H]2O[C@H](C(=O)NCc3cnc(C)cn3)CC[C@H]21. The molecule has 1 N–H and O–H groups in total. The standard InChI is InChI=1S/C17H26N4O3/c1-12-9-19-13(10-18-12)11-20-17(22)16-4-3-14-15(24-16)5-6-21(14)7-8-23-2/h9-10,14-16H,3-8,11H2,1-2H3,(H,20,22)/t14-,15-,16+/m1/s1. The number of rotatable bonds is 6. The number of methoxy groups -OCH3 is 1. The van der Waals surface area contributed by atoms with E-state index in [1.54, 1.807) is 19.5 Å². The van der Waals surface area contributed by atoms with Crippen LogP contribution in [0, 0.1) is 6.92 Å². The summed E-state index contributed by atoms with van der Waals surface area (Å²) in [5.41, 5.74) is 1.63. The fourth-order valence-electron chi connectivity index (χ4n) is 3.50. The molecule has 1 amide bonds. The molecule has 3 rings (SSSR count). The molecule has 3 atom stereocenters. The molecule has 0 spiro atoms. The second-order valence-electron chi connectivity index (χ2n) is 6.49. The highest BCUT2D eigenvalue weighted by atomic mass is 16.5. The van der Waals surface area contributed by atoms with Crippen LogP contribution in [0.2, 0.25) is 0 Å². The second-order valence-corrected chi connectivity index (χ2v) is 6.49. The Kier molecular flexibility index (Phi) is 5.76. The first kappa shape index (κ1) is 17.3. The lowest BCUT2D eigenvalue weighted by atomic mass is 9.98. The van der Waals surface area contributed by atoms with Gasteiger partial charge in [-0.1, -0.05) is 0 Å². The van der Waals surface area contributed by atoms with Crippen LogP contribution in [0.3, 0.4) is 0 Å². The first-order chi connectivity index (χ1) is 11.7. The van der Waals surface area contributed by atoms with Gasteiger partial charge in [0, 0.05) is 32.4 Å². The number of carbonyl (C=O) groups is 1. The van der Waals surface area contributed by atoms with E-state index in [2.05, 4.69) is 20.2 Å². The van der Waals surface area contributed by atoms with Crippen LogP contribution in [0.25, 0.3) is 0 Å². The summed E-state index contributed by atoms with van der Waals surface area (Å²) in [7, 11) is 1.73. The van der Waals surface area contributed by atoms with Gasteiger partial charge in [0.05, 0.1) is 36.8 Å². The van der Waals surface area contributed by atoms with Crippen molar-refractivity contribution in [2.75, 3.05) is 26.8 Å². The third kappa shape index (κ3) is 4.09. The summed E-state index contributed by atoms with van der Waals surface area (Å²) < 4.78 is 11.2. The fraction of sp³-hybridized carbons (Fsp3) is 0.706. The third-order valence-corrected chi connectivity index (χ3v) is 4.82. The molecule has 1 aromatic rings. The maximum absolute atomic E-state index is 12.4. The van der Waals surface area contributed by atoms with E-state index in [4.69, 9.17) is 9.47 Å². The summed E-state index contributed by atoms with van der Waals surface area (Å²) in [6.45, 7) is 4.97. The summed E-state index contributed by atoms with van der Waals surface area (Å²) in [5, 5.41) is 2.91. The zero-order chi connectivity index (χ0) is 16.9. The highest BCUT2D eigenvalue weighted by Gasteiger charge is 2.41. The Labute approximate surface area is 142 Å². The number of aromatic nitrogens is 2. The van der Waals surface area contributed by atoms with Crippen molar-refractivity contribution in [1.29, 1.82) is 0 Å². The van der Waals surface area contributed by atoms with Gasteiger partial charge in [-0.25, -0.2) is 0 Å². The molecule has 0 bridgehead atoms. The lowest BCUT2D eigenvalue weighted by Crippen LogP contribution is -2.48. The number of fused-ring (bicyclic) bond motifs is 1. The molecule has 3 heterocycles. The fourth-order valence-corrected chi connectivity index (χ4v) is 3.50. The Morgan fingerprint density at radius 1 is 1.38 bits per heavy atom. The summed E-state index contributed by atoms with van der Waals surface area (Å²) in [6.07, 6.45) is 5.94. The van der Waals surface area contributed by atoms with E-state index in [9.17, 15) is 4.79 Å². The molecule has 2 fully saturated rings. The Bertz CT molecular complexity index is 551. The highest BCUT2D eigenvalue weighted by Crippen LogP contribution is 2.31. The average Bonchev–Trinajstić information content (AvgIpc) is 3.01. The Morgan fingerprint density at radius 3 is 3.00 bits per heavy atom. The molecule has 1 aromatic heterocycles. The van der Waals surface area contributed by atoms with Crippen molar-refractivity contribution in [3.63, 3.8) is 0 Å². The molecule has 0 aliphatic carbocycles. The quantitative estimate of drug-likeness (QED) is 0.824. The number of amides is 1. The number of carbonyl (C=O) groups excluding carboxylic acids is 1. The minimum Gasteiger partial charge on any atom is -0.383 e. The molecule has 0 aromatic carbocycles. The largest absolute Gasteiger partial charge is 0.383 e. The monoisotopic (exact) mass is 334 g/mol. The average molecular weight is 334 g/mol. The molecular weight excluding hydrogens is 308 g/mol. The maximum Gasteiger partial charge on any atom is 0.249 e. The molecule has 7 nitrogen and oxygen atoms in total. The normalized spacial score (nSPS) is 27.0. The summed E-state index contributed by atoms with van der Waals surface area (Å²) >= 11 is 0. The predicted molar refractivity (Wildman–Crippen MR) is 88.4 cm³/mol. The van der Waals surface area contributed by atoms with E-state index >= 15 is 0 Å². The number of hydrogen-bond acceptors (Lipinski definition) is 6. The smallest absolute Gasteiger partial charge is 0.249 e. The molecule has 24 heavy (non-hydrogen) atoms. The van der Waals surface area contributed by atoms with Crippen molar-refractivity contribution in [2.45, 2.75) is 51.0 Å². The molecule has 2 aliphatic rings. The van der Waals surface area contributed by atoms with Gasteiger partial charge in [-0.2, -0.15) is 0 Å². The van der Waals surface area contributed by atoms with E-state index in [1.807, 2.05) is 6.92 Å². The molecule has 7 heteroatoms. The van der Waals surface area contributed by atoms with Crippen LogP contribution in [0.1, 0.15) is 30.7 Å². The van der Waals surface area contributed by atoms with E-state index < -0.39 is 0 Å². The first-order valence-electron chi connectivity index (χ1n) is 8.61. The number of aryl methyl sites for hydroxylation is 1. The van der Waals surface area contributed by atoms with Crippen molar-refractivity contribution in [2.24, 2.45) is 0 Å². The number of likely N-dealkylation sites (tertiary alicyclic amines) is 1. The van der Waals surface area contributed by atoms with E-state index in [0.717, 1.165) is 50.3 Å². The lowest BCUT2D eigenvalue weighted by Gasteiger charge is -2.35. The van der Waals surface area contributed by atoms with Gasteiger partial charge in [0.25, 0.3) is 0 Å². The van der Waals surface area contributed by atoms with Crippen LogP contribution in [0.5, 0.6) is 0 Å². The van der Waals surface area contributed by atoms with Gasteiger partial charge in [-0.3, -0.25) is 19.7 Å². The maximum atomic E-state index is 12.4. The van der Waals surface area contributed by atoms with Crippen molar-refractivity contribution in [3.8, 4) is 0 Å². The molecule has 2 saturated heterocycles. The number of ether oxygens (including phenoxy) is 2. The topological polar surface area (TPSA) is 76.6 Å². The minimum absolute atomic E-state index is 0.0498. The summed E-state index contributed by atoms with van der Waals surface area (Å²) in [6, 6.07) is 0.423. The van der Waals surface area contributed by atoms with Crippen LogP contribution in [0.15, 0.2) is 12.4 Å². The van der Waals surface area contributed by atoms with Gasteiger partial charge in [-0.05, 0) is 26.2 Å². The molecule has 0 radical (unpaired) electrons. The van der Waals surface area contributed by atoms with Crippen molar-refractivity contribution >= 4 is 5.91 Å². The zero-order valence-electron chi connectivity index (χ0n) is 14.4. The van der Waals surface area contributed by atoms with Gasteiger partial charge in [0.15, 0.2) is 0 Å². The number of hydrogen-bond donors (Lipinski definition) is 1. The number of nitrogens with zero attached hydrogens (tertiary/aromatic N) is 3. The van der Waals surface area contributed by atoms with Gasteiger partial charge < -0.3 is 14.8 Å². The van der Waals surface area contributed by atoms with E-state index in [0.29, 0.717) is 12.6 Å². The summed E-state index contributed by atoms with van der Waals surface area (Å²) in [5.74, 6) is -0.0498. The zero-order valence-corrected chi connectivity index (χ0v) is 14.4. The minimum atomic E-state index is -0.355. The van der Waals surface area contributed by atoms with Crippen LogP contribution in [0.4, 0.5) is 0 Å². The third-order valence-electron chi connectivity index (χ3n) is 4.82. The van der Waals surface area contributed by atoms with Crippen LogP contribution in [-0.2, 0) is 20.8 Å². The summed E-state index contributed by atoms with van der Waals surface area (Å²) in [4.78, 5) is 23.2. The van der Waals surface area contributed by atoms with E-state index in [-0.39, 0.29) is 18.1 Å². The molecule has 0 saturated carbocycles. The molecule has 132 valence electrons. The Morgan fingerprint density at radius 2 is 2.25 bits per heavy atom. The molecular formula is C17H26N4O3. The van der Waals surface area contributed by atoms with Crippen molar-refractivity contribution < 1.29 is 14.3 Å². The van der Waals surface area contributed by atoms with E-state index in [1.165, 1.54) is 0 Å². The van der Waals surface area contributed by atoms with Gasteiger partial charge in [0.1, 0.15) is 6.10 Å². The van der Waals surface area contributed by atoms with Gasteiger partial charge in [-0.15, -0.1) is 0 Å². The molecule has 0 unspecified atom stereocenters. The second kappa shape index (κ2) is 8.00. The molecule has 2 aliphatic heterocycles. The van der Waals surface area contributed by atoms with Crippen LogP contribution in [-0.4, -0.2) is 65.8 Å². The lowest BCUT2D eigenvalue weighted by molar-refractivity contribution is -0.144. The van der Waals surface area contributed by atoms with Gasteiger partial charge in [0.2, 0.25) is 5.91 Å². The van der Waals surface area contributed by atoms with Crippen LogP contribution >= 0.6 is 0 Å². The van der Waals surface area contributed by atoms with Crippen molar-refractivity contribution in [1.82, 2.24) is 20.2 Å². The number of nitrogens with one attached hydrogen (secondary N) is 1. The Hall–Kier alpha value is -1.57. The first-order valence-corrected chi connectivity index (χ1v) is 8.61. The van der Waals surface area contributed by atoms with Crippen molar-refractivity contribution in [3.05, 3.63) is 23.8 Å².